The quantitative estimate of drug-likeness (QED) is 0.845. The van der Waals surface area contributed by atoms with Crippen LogP contribution in [-0.4, -0.2) is 10.3 Å². The third-order valence-electron chi connectivity index (χ3n) is 2.39. The second-order valence-corrected chi connectivity index (χ2v) is 4.58. The van der Waals surface area contributed by atoms with Gasteiger partial charge in [0.25, 0.3) is 5.91 Å². The lowest BCUT2D eigenvalue weighted by molar-refractivity contribution is 0.0998. The summed E-state index contributed by atoms with van der Waals surface area (Å²) in [6, 6.07) is 5.97. The number of hydrogen-bond acceptors (Lipinski definition) is 3. The number of hydrogen-bond donors (Lipinski definition) is 1. The number of aromatic nitrogens is 1. The van der Waals surface area contributed by atoms with E-state index in [0.717, 1.165) is 15.6 Å². The zero-order chi connectivity index (χ0) is 11.0. The maximum absolute atomic E-state index is 11.2. The molecule has 0 aliphatic rings. The van der Waals surface area contributed by atoms with Crippen LogP contribution in [-0.2, 0) is 0 Å². The minimum Gasteiger partial charge on any atom is -0.364 e. The molecule has 0 unspecified atom stereocenters. The lowest BCUT2D eigenvalue weighted by Crippen LogP contribution is -2.12. The Morgan fingerprint density at radius 1 is 1.47 bits per heavy atom. The average molecular weight is 220 g/mol. The van der Waals surface area contributed by atoms with E-state index in [1.165, 1.54) is 11.5 Å². The summed E-state index contributed by atoms with van der Waals surface area (Å²) in [6.07, 6.45) is 0. The van der Waals surface area contributed by atoms with Gasteiger partial charge in [0.1, 0.15) is 5.69 Å². The first-order valence-corrected chi connectivity index (χ1v) is 5.56. The van der Waals surface area contributed by atoms with Crippen LogP contribution in [0.4, 0.5) is 0 Å². The summed E-state index contributed by atoms with van der Waals surface area (Å²) in [5, 5.41) is 0.921. The summed E-state index contributed by atoms with van der Waals surface area (Å²) < 4.78 is 5.13. The minimum absolute atomic E-state index is 0.364. The fourth-order valence-corrected chi connectivity index (χ4v) is 2.48. The smallest absolute Gasteiger partial charge is 0.269 e. The molecule has 0 aliphatic carbocycles. The minimum atomic E-state index is -0.450. The maximum atomic E-state index is 11.2. The summed E-state index contributed by atoms with van der Waals surface area (Å²) in [6.45, 7) is 4.19. The predicted molar refractivity (Wildman–Crippen MR) is 62.2 cm³/mol. The summed E-state index contributed by atoms with van der Waals surface area (Å²) in [7, 11) is 0. The lowest BCUT2D eigenvalue weighted by Gasteiger charge is -2.06. The molecule has 2 rings (SSSR count). The van der Waals surface area contributed by atoms with E-state index in [4.69, 9.17) is 5.73 Å². The van der Waals surface area contributed by atoms with Gasteiger partial charge in [-0.3, -0.25) is 4.79 Å². The van der Waals surface area contributed by atoms with Gasteiger partial charge in [0.05, 0.1) is 4.70 Å². The molecule has 4 heteroatoms. The molecule has 2 N–H and O–H groups in total. The van der Waals surface area contributed by atoms with E-state index in [1.54, 1.807) is 0 Å². The number of rotatable bonds is 2. The van der Waals surface area contributed by atoms with Crippen LogP contribution in [0.3, 0.4) is 0 Å². The fraction of sp³-hybridized carbons (Fsp3) is 0.273. The highest BCUT2D eigenvalue weighted by atomic mass is 32.1. The summed E-state index contributed by atoms with van der Waals surface area (Å²) in [5.74, 6) is -0.0856. The first-order chi connectivity index (χ1) is 7.11. The van der Waals surface area contributed by atoms with Gasteiger partial charge >= 0.3 is 0 Å². The van der Waals surface area contributed by atoms with E-state index >= 15 is 0 Å². The molecule has 0 spiro atoms. The lowest BCUT2D eigenvalue weighted by atomic mass is 9.98. The Balaban J connectivity index is 2.80. The second kappa shape index (κ2) is 3.62. The van der Waals surface area contributed by atoms with E-state index < -0.39 is 5.91 Å². The van der Waals surface area contributed by atoms with Gasteiger partial charge in [-0.05, 0) is 29.1 Å². The van der Waals surface area contributed by atoms with Crippen LogP contribution in [0.15, 0.2) is 18.2 Å². The van der Waals surface area contributed by atoms with Crippen LogP contribution in [0, 0.1) is 0 Å². The average Bonchev–Trinajstić information content (AvgIpc) is 2.60. The largest absolute Gasteiger partial charge is 0.364 e. The molecule has 0 bridgehead atoms. The number of nitrogens with two attached hydrogens (primary N) is 1. The molecule has 0 atom stereocenters. The van der Waals surface area contributed by atoms with Gasteiger partial charge < -0.3 is 5.73 Å². The molecule has 1 aromatic carbocycles. The molecule has 3 nitrogen and oxygen atoms in total. The molecule has 0 saturated heterocycles. The van der Waals surface area contributed by atoms with Gasteiger partial charge in [-0.1, -0.05) is 26.0 Å². The van der Waals surface area contributed by atoms with Crippen LogP contribution in [0.5, 0.6) is 0 Å². The van der Waals surface area contributed by atoms with E-state index in [-0.39, 0.29) is 0 Å². The Labute approximate surface area is 92.1 Å². The summed E-state index contributed by atoms with van der Waals surface area (Å²) >= 11 is 1.32. The molecule has 0 radical (unpaired) electrons. The number of benzene rings is 1. The Hall–Kier alpha value is -1.42. The zero-order valence-electron chi connectivity index (χ0n) is 8.65. The number of primary amides is 1. The zero-order valence-corrected chi connectivity index (χ0v) is 9.47. The number of amides is 1. The fourth-order valence-electron chi connectivity index (χ4n) is 1.67. The van der Waals surface area contributed by atoms with Crippen molar-refractivity contribution in [3.8, 4) is 0 Å². The van der Waals surface area contributed by atoms with Gasteiger partial charge in [-0.25, -0.2) is 0 Å². The monoisotopic (exact) mass is 220 g/mol. The highest BCUT2D eigenvalue weighted by Crippen LogP contribution is 2.30. The predicted octanol–water partition coefficient (Wildman–Crippen LogP) is 2.52. The van der Waals surface area contributed by atoms with E-state index in [9.17, 15) is 4.79 Å². The Bertz CT molecular complexity index is 516. The standard InChI is InChI=1S/C11H12N2OS/c1-6(2)7-4-3-5-8-9(7)10(11(12)14)13-15-8/h3-6H,1-2H3,(H2,12,14). The van der Waals surface area contributed by atoms with Crippen molar-refractivity contribution in [1.29, 1.82) is 0 Å². The van der Waals surface area contributed by atoms with Gasteiger partial charge in [-0.15, -0.1) is 0 Å². The van der Waals surface area contributed by atoms with Crippen LogP contribution in [0.25, 0.3) is 10.1 Å². The number of carbonyl (C=O) groups excluding carboxylic acids is 1. The van der Waals surface area contributed by atoms with E-state index in [2.05, 4.69) is 18.2 Å². The number of carbonyl (C=O) groups is 1. The van der Waals surface area contributed by atoms with Crippen molar-refractivity contribution in [1.82, 2.24) is 4.37 Å². The number of nitrogens with zero attached hydrogens (tertiary/aromatic N) is 1. The van der Waals surface area contributed by atoms with Crippen molar-refractivity contribution in [2.24, 2.45) is 5.73 Å². The second-order valence-electron chi connectivity index (χ2n) is 3.77. The SMILES string of the molecule is CC(C)c1cccc2snc(C(N)=O)c12. The topological polar surface area (TPSA) is 56.0 Å². The van der Waals surface area contributed by atoms with E-state index in [0.29, 0.717) is 11.6 Å². The van der Waals surface area contributed by atoms with Gasteiger partial charge in [0, 0.05) is 5.39 Å². The number of fused-ring (bicyclic) bond motifs is 1. The van der Waals surface area contributed by atoms with Crippen LogP contribution < -0.4 is 5.73 Å². The molecule has 0 saturated carbocycles. The van der Waals surface area contributed by atoms with Gasteiger partial charge in [-0.2, -0.15) is 4.37 Å². The molecular formula is C11H12N2OS. The van der Waals surface area contributed by atoms with Crippen LogP contribution in [0.2, 0.25) is 0 Å². The molecule has 78 valence electrons. The first kappa shape index (κ1) is 10.1. The molecule has 15 heavy (non-hydrogen) atoms. The Kier molecular flexibility index (Phi) is 2.44. The van der Waals surface area contributed by atoms with Crippen molar-refractivity contribution in [2.75, 3.05) is 0 Å². The third kappa shape index (κ3) is 1.61. The molecule has 1 amide bonds. The van der Waals surface area contributed by atoms with Gasteiger partial charge in [0.15, 0.2) is 0 Å². The van der Waals surface area contributed by atoms with Crippen molar-refractivity contribution >= 4 is 27.5 Å². The summed E-state index contributed by atoms with van der Waals surface area (Å²) in [5.41, 5.74) is 6.83. The molecular weight excluding hydrogens is 208 g/mol. The molecule has 0 aliphatic heterocycles. The van der Waals surface area contributed by atoms with Crippen molar-refractivity contribution in [2.45, 2.75) is 19.8 Å². The van der Waals surface area contributed by atoms with Crippen LogP contribution in [0.1, 0.15) is 35.8 Å². The highest BCUT2D eigenvalue weighted by molar-refractivity contribution is 7.13. The van der Waals surface area contributed by atoms with Crippen molar-refractivity contribution < 1.29 is 4.79 Å². The first-order valence-electron chi connectivity index (χ1n) is 4.79. The Morgan fingerprint density at radius 2 is 2.20 bits per heavy atom. The highest BCUT2D eigenvalue weighted by Gasteiger charge is 2.15. The van der Waals surface area contributed by atoms with Crippen molar-refractivity contribution in [3.05, 3.63) is 29.5 Å². The maximum Gasteiger partial charge on any atom is 0.269 e. The normalized spacial score (nSPS) is 11.1. The third-order valence-corrected chi connectivity index (χ3v) is 3.20. The Morgan fingerprint density at radius 3 is 2.80 bits per heavy atom. The molecule has 2 aromatic rings. The van der Waals surface area contributed by atoms with Crippen LogP contribution >= 0.6 is 11.5 Å². The molecule has 1 aromatic heterocycles. The van der Waals surface area contributed by atoms with Crippen molar-refractivity contribution in [3.63, 3.8) is 0 Å². The molecule has 1 heterocycles. The van der Waals surface area contributed by atoms with E-state index in [1.807, 2.05) is 18.2 Å². The summed E-state index contributed by atoms with van der Waals surface area (Å²) in [4.78, 5) is 11.2. The molecule has 0 fully saturated rings. The van der Waals surface area contributed by atoms with Gasteiger partial charge in [0.2, 0.25) is 0 Å².